The van der Waals surface area contributed by atoms with Gasteiger partial charge in [-0.3, -0.25) is 14.3 Å². The van der Waals surface area contributed by atoms with E-state index in [9.17, 15) is 18.0 Å². The van der Waals surface area contributed by atoms with E-state index in [0.29, 0.717) is 20.7 Å². The Morgan fingerprint density at radius 3 is 2.44 bits per heavy atom. The lowest BCUT2D eigenvalue weighted by Gasteiger charge is -2.18. The van der Waals surface area contributed by atoms with Crippen LogP contribution in [0.25, 0.3) is 10.1 Å². The lowest BCUT2D eigenvalue weighted by Crippen LogP contribution is -2.46. The van der Waals surface area contributed by atoms with Gasteiger partial charge in [-0.1, -0.05) is 46.9 Å². The molecule has 2 aromatic carbocycles. The lowest BCUT2D eigenvalue weighted by atomic mass is 10.0. The summed E-state index contributed by atoms with van der Waals surface area (Å²) in [5.74, 6) is -1.59. The molecule has 2 amide bonds. The smallest absolute Gasteiger partial charge is 0.280 e. The Morgan fingerprint density at radius 1 is 1.06 bits per heavy atom. The number of pyridine rings is 1. The number of nitrogens with one attached hydrogen (secondary N) is 2. The van der Waals surface area contributed by atoms with Gasteiger partial charge in [0.2, 0.25) is 5.91 Å². The van der Waals surface area contributed by atoms with Crippen molar-refractivity contribution >= 4 is 83.9 Å². The Morgan fingerprint density at radius 2 is 1.75 bits per heavy atom. The van der Waals surface area contributed by atoms with Gasteiger partial charge >= 0.3 is 0 Å². The largest absolute Gasteiger partial charge is 0.368 e. The third-order valence-electron chi connectivity index (χ3n) is 5.05. The number of fused-ring (bicyclic) bond motifs is 1. The summed E-state index contributed by atoms with van der Waals surface area (Å²) in [5, 5.41) is 3.08. The zero-order valence-electron chi connectivity index (χ0n) is 18.0. The summed E-state index contributed by atoms with van der Waals surface area (Å²) in [6.45, 7) is 0. The van der Waals surface area contributed by atoms with Crippen molar-refractivity contribution in [1.29, 1.82) is 0 Å². The monoisotopic (exact) mass is 583 g/mol. The molecule has 186 valence electrons. The van der Waals surface area contributed by atoms with E-state index in [0.717, 1.165) is 11.5 Å². The third-order valence-corrected chi connectivity index (χ3v) is 8.11. The molecular weight excluding hydrogens is 569 g/mol. The van der Waals surface area contributed by atoms with Crippen LogP contribution in [-0.4, -0.2) is 35.6 Å². The van der Waals surface area contributed by atoms with Crippen LogP contribution in [0.2, 0.25) is 15.1 Å². The second-order valence-electron chi connectivity index (χ2n) is 7.53. The fraction of sp³-hybridized carbons (Fsp3) is 0.0909. The number of carbonyl (C=O) groups excluding carboxylic acids is 2. The number of anilines is 1. The molecule has 14 heteroatoms. The third kappa shape index (κ3) is 5.71. The minimum absolute atomic E-state index is 0.000326. The number of hydrogen-bond donors (Lipinski definition) is 3. The van der Waals surface area contributed by atoms with Gasteiger partial charge in [0.25, 0.3) is 15.9 Å². The van der Waals surface area contributed by atoms with Gasteiger partial charge in [0.1, 0.15) is 6.04 Å². The van der Waals surface area contributed by atoms with Crippen molar-refractivity contribution in [2.24, 2.45) is 5.73 Å². The Balaban J connectivity index is 1.66. The molecule has 0 radical (unpaired) electrons. The van der Waals surface area contributed by atoms with Crippen molar-refractivity contribution < 1.29 is 18.0 Å². The van der Waals surface area contributed by atoms with Crippen molar-refractivity contribution in [3.63, 3.8) is 0 Å². The number of amides is 2. The summed E-state index contributed by atoms with van der Waals surface area (Å²) in [6.07, 6.45) is 2.81. The first-order chi connectivity index (χ1) is 17.0. The normalized spacial score (nSPS) is 12.3. The number of benzene rings is 2. The number of rotatable bonds is 8. The number of nitrogens with two attached hydrogens (primary N) is 1. The number of hydrogen-bond acceptors (Lipinski definition) is 7. The Labute approximate surface area is 224 Å². The fourth-order valence-electron chi connectivity index (χ4n) is 3.31. The van der Waals surface area contributed by atoms with Gasteiger partial charge in [-0.2, -0.15) is 12.8 Å². The first-order valence-corrected chi connectivity index (χ1v) is 13.5. The maximum Gasteiger partial charge on any atom is 0.280 e. The molecule has 0 saturated heterocycles. The molecule has 0 bridgehead atoms. The van der Waals surface area contributed by atoms with Gasteiger partial charge in [-0.05, 0) is 47.4 Å². The molecular formula is C22H16Cl3N5O4S2. The van der Waals surface area contributed by atoms with Gasteiger partial charge in [-0.25, -0.2) is 4.98 Å². The van der Waals surface area contributed by atoms with Crippen LogP contribution >= 0.6 is 46.3 Å². The van der Waals surface area contributed by atoms with E-state index >= 15 is 0 Å². The lowest BCUT2D eigenvalue weighted by molar-refractivity contribution is -0.119. The predicted molar refractivity (Wildman–Crippen MR) is 140 cm³/mol. The van der Waals surface area contributed by atoms with Crippen molar-refractivity contribution in [1.82, 2.24) is 14.7 Å². The first-order valence-electron chi connectivity index (χ1n) is 10.1. The predicted octanol–water partition coefficient (Wildman–Crippen LogP) is 4.28. The molecule has 2 heterocycles. The van der Waals surface area contributed by atoms with E-state index < -0.39 is 27.9 Å². The molecule has 2 aromatic heterocycles. The molecule has 4 N–H and O–H groups in total. The van der Waals surface area contributed by atoms with Crippen LogP contribution in [0, 0.1) is 0 Å². The van der Waals surface area contributed by atoms with E-state index in [4.69, 9.17) is 40.5 Å². The van der Waals surface area contributed by atoms with Gasteiger partial charge < -0.3 is 11.1 Å². The van der Waals surface area contributed by atoms with Crippen molar-refractivity contribution in [3.8, 4) is 0 Å². The molecule has 0 aliphatic carbocycles. The zero-order chi connectivity index (χ0) is 26.0. The zero-order valence-corrected chi connectivity index (χ0v) is 21.9. The number of sulfonamides is 1. The van der Waals surface area contributed by atoms with Gasteiger partial charge in [-0.15, -0.1) is 0 Å². The van der Waals surface area contributed by atoms with Crippen LogP contribution in [0.1, 0.15) is 15.9 Å². The van der Waals surface area contributed by atoms with Crippen LogP contribution in [0.3, 0.4) is 0 Å². The number of primary amides is 1. The van der Waals surface area contributed by atoms with Gasteiger partial charge in [0.15, 0.2) is 5.03 Å². The quantitative estimate of drug-likeness (QED) is 0.282. The summed E-state index contributed by atoms with van der Waals surface area (Å²) in [4.78, 5) is 29.2. The van der Waals surface area contributed by atoms with Crippen LogP contribution in [-0.2, 0) is 21.2 Å². The van der Waals surface area contributed by atoms with Gasteiger partial charge in [0.05, 0.1) is 37.6 Å². The van der Waals surface area contributed by atoms with Crippen LogP contribution in [0.5, 0.6) is 0 Å². The SMILES string of the molecule is NC(=O)[C@H](Cc1ccc(Cl)cc1)NC(=O)c1cc(Cl)c(Cl)cc1NS(=O)(=O)c1nccc2sncc12. The fourth-order valence-corrected chi connectivity index (χ4v) is 5.68. The van der Waals surface area contributed by atoms with Gasteiger partial charge in [0, 0.05) is 17.6 Å². The molecule has 0 aliphatic rings. The number of carbonyl (C=O) groups is 2. The topological polar surface area (TPSA) is 144 Å². The number of aromatic nitrogens is 2. The highest BCUT2D eigenvalue weighted by molar-refractivity contribution is 7.92. The highest BCUT2D eigenvalue weighted by atomic mass is 35.5. The van der Waals surface area contributed by atoms with E-state index in [2.05, 4.69) is 19.4 Å². The summed E-state index contributed by atoms with van der Waals surface area (Å²) in [5.41, 5.74) is 5.86. The average molecular weight is 585 g/mol. The molecule has 1 atom stereocenters. The maximum atomic E-state index is 13.2. The number of nitrogens with zero attached hydrogens (tertiary/aromatic N) is 2. The minimum Gasteiger partial charge on any atom is -0.368 e. The van der Waals surface area contributed by atoms with Crippen molar-refractivity contribution in [2.75, 3.05) is 4.72 Å². The average Bonchev–Trinajstić information content (AvgIpc) is 3.30. The number of halogens is 3. The minimum atomic E-state index is -4.27. The molecule has 4 rings (SSSR count). The molecule has 0 aliphatic heterocycles. The van der Waals surface area contributed by atoms with E-state index in [1.165, 1.54) is 24.5 Å². The highest BCUT2D eigenvalue weighted by Crippen LogP contribution is 2.32. The molecule has 9 nitrogen and oxygen atoms in total. The summed E-state index contributed by atoms with van der Waals surface area (Å²) in [7, 11) is -4.27. The Hall–Kier alpha value is -2.96. The van der Waals surface area contributed by atoms with Crippen LogP contribution in [0.4, 0.5) is 5.69 Å². The highest BCUT2D eigenvalue weighted by Gasteiger charge is 2.26. The second-order valence-corrected chi connectivity index (χ2v) is 11.2. The molecule has 0 spiro atoms. The second kappa shape index (κ2) is 10.6. The molecule has 0 fully saturated rings. The van der Waals surface area contributed by atoms with Crippen LogP contribution < -0.4 is 15.8 Å². The molecule has 0 saturated carbocycles. The first kappa shape index (κ1) is 26.1. The molecule has 0 unspecified atom stereocenters. The maximum absolute atomic E-state index is 13.2. The van der Waals surface area contributed by atoms with E-state index in [1.54, 1.807) is 30.3 Å². The standard InChI is InChI=1S/C22H16Cl3N5O4S2/c23-12-3-1-11(2-4-12)7-18(20(26)31)29-21(32)13-8-15(24)16(25)9-17(13)30-36(33,34)22-14-10-28-35-19(14)5-6-27-22/h1-6,8-10,18,30H,7H2,(H2,26,31)(H,29,32)/t18-/m0/s1. The summed E-state index contributed by atoms with van der Waals surface area (Å²) in [6, 6.07) is 9.57. The summed E-state index contributed by atoms with van der Waals surface area (Å²) >= 11 is 19.2. The van der Waals surface area contributed by atoms with Crippen molar-refractivity contribution in [3.05, 3.63) is 81.1 Å². The molecule has 36 heavy (non-hydrogen) atoms. The van der Waals surface area contributed by atoms with E-state index in [-0.39, 0.29) is 32.7 Å². The summed E-state index contributed by atoms with van der Waals surface area (Å²) < 4.78 is 33.3. The Bertz CT molecular complexity index is 1580. The van der Waals surface area contributed by atoms with E-state index in [1.807, 2.05) is 0 Å². The Kier molecular flexibility index (Phi) is 7.67. The van der Waals surface area contributed by atoms with Crippen LogP contribution in [0.15, 0.2) is 59.9 Å². The van der Waals surface area contributed by atoms with Crippen molar-refractivity contribution in [2.45, 2.75) is 17.5 Å². The molecule has 4 aromatic rings.